The molecule has 1 aromatic carbocycles. The van der Waals surface area contributed by atoms with Crippen LogP contribution in [0, 0.1) is 0 Å². The van der Waals surface area contributed by atoms with E-state index in [-0.39, 0.29) is 5.91 Å². The quantitative estimate of drug-likeness (QED) is 0.794. The lowest BCUT2D eigenvalue weighted by atomic mass is 9.78. The molecule has 0 aromatic heterocycles. The lowest BCUT2D eigenvalue weighted by Crippen LogP contribution is -2.41. The van der Waals surface area contributed by atoms with Gasteiger partial charge < -0.3 is 18.9 Å². The molecule has 1 aliphatic heterocycles. The minimum absolute atomic E-state index is 0.00480. The Morgan fingerprint density at radius 1 is 1.21 bits per heavy atom. The number of carbonyl (C=O) groups excluding carboxylic acids is 1. The van der Waals surface area contributed by atoms with Crippen molar-refractivity contribution in [2.75, 3.05) is 14.2 Å². The van der Waals surface area contributed by atoms with E-state index in [2.05, 4.69) is 0 Å². The van der Waals surface area contributed by atoms with Crippen molar-refractivity contribution in [1.82, 2.24) is 4.90 Å². The number of methoxy groups -OCH3 is 1. The van der Waals surface area contributed by atoms with E-state index in [4.69, 9.17) is 14.0 Å². The normalized spacial score (nSPS) is 21.7. The maximum Gasteiger partial charge on any atom is 0.494 e. The Bertz CT molecular complexity index is 638. The second-order valence-corrected chi connectivity index (χ2v) is 7.70. The van der Waals surface area contributed by atoms with E-state index in [1.54, 1.807) is 18.1 Å². The van der Waals surface area contributed by atoms with Gasteiger partial charge in [0.15, 0.2) is 0 Å². The summed E-state index contributed by atoms with van der Waals surface area (Å²) in [5, 5.41) is 0. The van der Waals surface area contributed by atoms with Gasteiger partial charge in [-0.1, -0.05) is 6.07 Å². The van der Waals surface area contributed by atoms with Gasteiger partial charge in [-0.3, -0.25) is 4.79 Å². The summed E-state index contributed by atoms with van der Waals surface area (Å²) >= 11 is 0. The molecule has 0 unspecified atom stereocenters. The van der Waals surface area contributed by atoms with Crippen LogP contribution in [0.2, 0.25) is 0 Å². The van der Waals surface area contributed by atoms with Gasteiger partial charge in [-0.05, 0) is 58.1 Å². The molecular formula is C18H26BNO4. The largest absolute Gasteiger partial charge is 0.496 e. The van der Waals surface area contributed by atoms with Crippen LogP contribution in [0.3, 0.4) is 0 Å². The minimum atomic E-state index is -0.464. The van der Waals surface area contributed by atoms with Crippen LogP contribution in [0.1, 0.15) is 50.9 Å². The zero-order chi connectivity index (χ0) is 17.7. The Kier molecular flexibility index (Phi) is 4.17. The van der Waals surface area contributed by atoms with E-state index < -0.39 is 18.3 Å². The molecular weight excluding hydrogens is 305 g/mol. The molecule has 2 fully saturated rings. The van der Waals surface area contributed by atoms with Gasteiger partial charge in [-0.2, -0.15) is 0 Å². The molecule has 6 heteroatoms. The number of ether oxygens (including phenoxy) is 1. The van der Waals surface area contributed by atoms with Crippen molar-refractivity contribution < 1.29 is 18.8 Å². The molecule has 130 valence electrons. The summed E-state index contributed by atoms with van der Waals surface area (Å²) in [6, 6.07) is 5.90. The molecule has 0 atom stereocenters. The molecule has 1 aromatic rings. The number of benzene rings is 1. The molecule has 0 N–H and O–H groups in total. The van der Waals surface area contributed by atoms with Gasteiger partial charge >= 0.3 is 7.12 Å². The van der Waals surface area contributed by atoms with Crippen LogP contribution >= 0.6 is 0 Å². The Labute approximate surface area is 144 Å². The molecule has 0 spiro atoms. The summed E-state index contributed by atoms with van der Waals surface area (Å²) < 4.78 is 17.6. The molecule has 2 aliphatic rings. The Balaban J connectivity index is 1.86. The summed E-state index contributed by atoms with van der Waals surface area (Å²) in [6.45, 7) is 8.08. The van der Waals surface area contributed by atoms with Crippen LogP contribution in [-0.2, 0) is 9.31 Å². The number of amides is 1. The van der Waals surface area contributed by atoms with E-state index in [1.807, 2.05) is 46.9 Å². The van der Waals surface area contributed by atoms with Crippen LogP contribution in [0.25, 0.3) is 0 Å². The molecule has 1 heterocycles. The van der Waals surface area contributed by atoms with Crippen molar-refractivity contribution >= 4 is 18.5 Å². The van der Waals surface area contributed by atoms with Gasteiger partial charge in [0.05, 0.1) is 23.9 Å². The predicted molar refractivity (Wildman–Crippen MR) is 93.8 cm³/mol. The number of nitrogens with zero attached hydrogens (tertiary/aromatic N) is 1. The number of rotatable bonds is 4. The molecule has 3 rings (SSSR count). The van der Waals surface area contributed by atoms with Crippen molar-refractivity contribution in [2.24, 2.45) is 0 Å². The molecule has 1 saturated heterocycles. The van der Waals surface area contributed by atoms with E-state index in [1.165, 1.54) is 0 Å². The summed E-state index contributed by atoms with van der Waals surface area (Å²) in [5.41, 5.74) is 0.639. The van der Waals surface area contributed by atoms with E-state index >= 15 is 0 Å². The first-order valence-corrected chi connectivity index (χ1v) is 8.47. The average molecular weight is 331 g/mol. The van der Waals surface area contributed by atoms with Gasteiger partial charge in [-0.15, -0.1) is 0 Å². The fourth-order valence-corrected chi connectivity index (χ4v) is 2.83. The zero-order valence-electron chi connectivity index (χ0n) is 15.4. The summed E-state index contributed by atoms with van der Waals surface area (Å²) in [4.78, 5) is 14.4. The average Bonchev–Trinajstić information content (AvgIpc) is 3.33. The molecule has 0 bridgehead atoms. The standard InChI is InChI=1S/C18H26BNO4/c1-17(2)18(3,4)24-19(23-17)12-7-10-14(15(11-12)22-6)16(21)20(5)13-8-9-13/h7,10-11,13H,8-9H2,1-6H3. The maximum absolute atomic E-state index is 12.6. The first-order chi connectivity index (χ1) is 11.2. The van der Waals surface area contributed by atoms with Crippen LogP contribution < -0.4 is 10.2 Å². The van der Waals surface area contributed by atoms with Crippen molar-refractivity contribution in [2.45, 2.75) is 57.8 Å². The first-order valence-electron chi connectivity index (χ1n) is 8.47. The Hall–Kier alpha value is -1.53. The smallest absolute Gasteiger partial charge is 0.494 e. The Morgan fingerprint density at radius 3 is 2.29 bits per heavy atom. The summed E-state index contributed by atoms with van der Waals surface area (Å²) in [7, 11) is 2.97. The Morgan fingerprint density at radius 2 is 1.79 bits per heavy atom. The maximum atomic E-state index is 12.6. The van der Waals surface area contributed by atoms with E-state index in [9.17, 15) is 4.79 Å². The van der Waals surface area contributed by atoms with Gasteiger partial charge in [0.25, 0.3) is 5.91 Å². The van der Waals surface area contributed by atoms with Crippen molar-refractivity contribution in [3.05, 3.63) is 23.8 Å². The summed E-state index contributed by atoms with van der Waals surface area (Å²) in [6.07, 6.45) is 2.16. The number of carbonyl (C=O) groups is 1. The van der Waals surface area contributed by atoms with Crippen molar-refractivity contribution in [3.8, 4) is 5.75 Å². The van der Waals surface area contributed by atoms with E-state index in [0.29, 0.717) is 17.4 Å². The molecule has 0 radical (unpaired) electrons. The molecule has 1 amide bonds. The molecule has 24 heavy (non-hydrogen) atoms. The van der Waals surface area contributed by atoms with Crippen LogP contribution in [0.4, 0.5) is 0 Å². The van der Waals surface area contributed by atoms with Gasteiger partial charge in [-0.25, -0.2) is 0 Å². The van der Waals surface area contributed by atoms with Crippen LogP contribution in [0.15, 0.2) is 18.2 Å². The lowest BCUT2D eigenvalue weighted by molar-refractivity contribution is 0.00578. The van der Waals surface area contributed by atoms with Crippen molar-refractivity contribution in [3.63, 3.8) is 0 Å². The van der Waals surface area contributed by atoms with Gasteiger partial charge in [0.1, 0.15) is 5.75 Å². The molecule has 1 aliphatic carbocycles. The number of hydrogen-bond donors (Lipinski definition) is 0. The van der Waals surface area contributed by atoms with Gasteiger partial charge in [0, 0.05) is 13.1 Å². The fourth-order valence-electron chi connectivity index (χ4n) is 2.83. The highest BCUT2D eigenvalue weighted by Gasteiger charge is 2.51. The highest BCUT2D eigenvalue weighted by atomic mass is 16.7. The molecule has 1 saturated carbocycles. The third-order valence-electron chi connectivity index (χ3n) is 5.40. The second-order valence-electron chi connectivity index (χ2n) is 7.70. The topological polar surface area (TPSA) is 48.0 Å². The van der Waals surface area contributed by atoms with Gasteiger partial charge in [0.2, 0.25) is 0 Å². The lowest BCUT2D eigenvalue weighted by Gasteiger charge is -2.32. The summed E-state index contributed by atoms with van der Waals surface area (Å²) in [5.74, 6) is 0.550. The van der Waals surface area contributed by atoms with Crippen LogP contribution in [0.5, 0.6) is 5.75 Å². The SMILES string of the molecule is COc1cc(B2OC(C)(C)C(C)(C)O2)ccc1C(=O)N(C)C1CC1. The second kappa shape index (κ2) is 5.78. The van der Waals surface area contributed by atoms with E-state index in [0.717, 1.165) is 18.3 Å². The first kappa shape index (κ1) is 17.3. The zero-order valence-corrected chi connectivity index (χ0v) is 15.4. The monoisotopic (exact) mass is 331 g/mol. The highest BCUT2D eigenvalue weighted by Crippen LogP contribution is 2.37. The third-order valence-corrected chi connectivity index (χ3v) is 5.40. The third kappa shape index (κ3) is 2.93. The predicted octanol–water partition coefficient (Wildman–Crippen LogP) is 2.23. The highest BCUT2D eigenvalue weighted by molar-refractivity contribution is 6.62. The fraction of sp³-hybridized carbons (Fsp3) is 0.611. The number of hydrogen-bond acceptors (Lipinski definition) is 4. The minimum Gasteiger partial charge on any atom is -0.496 e. The van der Waals surface area contributed by atoms with Crippen LogP contribution in [-0.4, -0.2) is 49.3 Å². The molecule has 5 nitrogen and oxygen atoms in total. The van der Waals surface area contributed by atoms with Crippen molar-refractivity contribution in [1.29, 1.82) is 0 Å².